The van der Waals surface area contributed by atoms with E-state index in [1.807, 2.05) is 6.08 Å². The molecule has 0 heterocycles. The van der Waals surface area contributed by atoms with Crippen molar-refractivity contribution in [1.29, 1.82) is 0 Å². The molecule has 3 aromatic carbocycles. The van der Waals surface area contributed by atoms with Crippen LogP contribution in [0.3, 0.4) is 0 Å². The van der Waals surface area contributed by atoms with E-state index in [2.05, 4.69) is 124 Å². The molecule has 0 fully saturated rings. The van der Waals surface area contributed by atoms with Crippen LogP contribution in [0.15, 0.2) is 79.4 Å². The summed E-state index contributed by atoms with van der Waals surface area (Å²) in [6.45, 7) is 10.5. The summed E-state index contributed by atoms with van der Waals surface area (Å²) >= 11 is 0. The van der Waals surface area contributed by atoms with E-state index in [9.17, 15) is 0 Å². The van der Waals surface area contributed by atoms with Gasteiger partial charge in [0.05, 0.1) is 0 Å². The molecular formula is C28H28. The Kier molecular flexibility index (Phi) is 6.11. The lowest BCUT2D eigenvalue weighted by molar-refractivity contribution is 0.590. The predicted molar refractivity (Wildman–Crippen MR) is 126 cm³/mol. The molecule has 140 valence electrons. The lowest BCUT2D eigenvalue weighted by atomic mass is 9.87. The summed E-state index contributed by atoms with van der Waals surface area (Å²) in [5.41, 5.74) is 7.50. The van der Waals surface area contributed by atoms with Gasteiger partial charge in [0, 0.05) is 0 Å². The molecule has 0 amide bonds. The van der Waals surface area contributed by atoms with E-state index < -0.39 is 0 Å². The van der Waals surface area contributed by atoms with Crippen LogP contribution in [0.5, 0.6) is 0 Å². The fourth-order valence-corrected chi connectivity index (χ4v) is 2.94. The topological polar surface area (TPSA) is 0 Å². The third-order valence-electron chi connectivity index (χ3n) is 4.82. The van der Waals surface area contributed by atoms with E-state index in [4.69, 9.17) is 0 Å². The molecule has 0 saturated carbocycles. The molecule has 0 nitrogen and oxygen atoms in total. The molecule has 0 radical (unpaired) electrons. The molecule has 0 heteroatoms. The second-order valence-corrected chi connectivity index (χ2v) is 8.08. The van der Waals surface area contributed by atoms with E-state index in [0.717, 1.165) is 5.56 Å². The molecule has 0 aromatic heterocycles. The minimum atomic E-state index is 0.194. The minimum absolute atomic E-state index is 0.194. The molecule has 0 N–H and O–H groups in total. The molecule has 0 aliphatic rings. The van der Waals surface area contributed by atoms with Crippen LogP contribution in [-0.4, -0.2) is 0 Å². The van der Waals surface area contributed by atoms with E-state index >= 15 is 0 Å². The van der Waals surface area contributed by atoms with Crippen molar-refractivity contribution in [2.24, 2.45) is 0 Å². The fraction of sp³-hybridized carbons (Fsp3) is 0.143. The quantitative estimate of drug-likeness (QED) is 0.403. The molecular weight excluding hydrogens is 336 g/mol. The summed E-state index contributed by atoms with van der Waals surface area (Å²) in [5.74, 6) is 0. The monoisotopic (exact) mass is 364 g/mol. The lowest BCUT2D eigenvalue weighted by Crippen LogP contribution is -2.10. The van der Waals surface area contributed by atoms with Crippen LogP contribution in [0.4, 0.5) is 0 Å². The maximum absolute atomic E-state index is 3.79. The molecule has 0 aliphatic carbocycles. The highest BCUT2D eigenvalue weighted by Gasteiger charge is 2.12. The first kappa shape index (κ1) is 19.6. The second-order valence-electron chi connectivity index (χ2n) is 8.08. The van der Waals surface area contributed by atoms with Crippen LogP contribution < -0.4 is 0 Å². The third kappa shape index (κ3) is 5.44. The van der Waals surface area contributed by atoms with Gasteiger partial charge in [-0.1, -0.05) is 131 Å². The van der Waals surface area contributed by atoms with Crippen molar-refractivity contribution >= 4 is 30.4 Å². The SMILES string of the molecule is C=Cc1ccc(C=Cc2ccc(C=Cc3ccc(C(C)(C)C)cc3)cc2)cc1. The average Bonchev–Trinajstić information content (AvgIpc) is 2.71. The standard InChI is InChI=1S/C28H28/c1-5-22-6-8-23(9-7-22)10-11-24-12-14-25(15-13-24)16-17-26-18-20-27(21-19-26)28(2,3)4/h5-21H,1H2,2-4H3. The van der Waals surface area contributed by atoms with Crippen molar-refractivity contribution in [3.63, 3.8) is 0 Å². The molecule has 0 aliphatic heterocycles. The van der Waals surface area contributed by atoms with E-state index in [0.29, 0.717) is 0 Å². The Hall–Kier alpha value is -3.12. The van der Waals surface area contributed by atoms with Crippen LogP contribution >= 0.6 is 0 Å². The van der Waals surface area contributed by atoms with Gasteiger partial charge in [-0.25, -0.2) is 0 Å². The van der Waals surface area contributed by atoms with Gasteiger partial charge in [-0.2, -0.15) is 0 Å². The third-order valence-corrected chi connectivity index (χ3v) is 4.82. The zero-order valence-corrected chi connectivity index (χ0v) is 17.0. The van der Waals surface area contributed by atoms with Gasteiger partial charge < -0.3 is 0 Å². The molecule has 3 aromatic rings. The first-order valence-corrected chi connectivity index (χ1v) is 9.73. The second kappa shape index (κ2) is 8.71. The molecule has 0 bridgehead atoms. The van der Waals surface area contributed by atoms with Gasteiger partial charge in [0.15, 0.2) is 0 Å². The zero-order valence-electron chi connectivity index (χ0n) is 17.0. The Morgan fingerprint density at radius 1 is 0.500 bits per heavy atom. The highest BCUT2D eigenvalue weighted by Crippen LogP contribution is 2.22. The van der Waals surface area contributed by atoms with Crippen molar-refractivity contribution in [2.45, 2.75) is 26.2 Å². The van der Waals surface area contributed by atoms with Crippen molar-refractivity contribution in [1.82, 2.24) is 0 Å². The van der Waals surface area contributed by atoms with Crippen molar-refractivity contribution in [2.75, 3.05) is 0 Å². The maximum atomic E-state index is 3.79. The highest BCUT2D eigenvalue weighted by atomic mass is 14.2. The molecule has 28 heavy (non-hydrogen) atoms. The Morgan fingerprint density at radius 2 is 0.786 bits per heavy atom. The number of rotatable bonds is 5. The van der Waals surface area contributed by atoms with Crippen LogP contribution in [-0.2, 0) is 5.41 Å². The average molecular weight is 365 g/mol. The van der Waals surface area contributed by atoms with Crippen molar-refractivity contribution in [3.05, 3.63) is 113 Å². The van der Waals surface area contributed by atoms with E-state index in [1.165, 1.54) is 27.8 Å². The van der Waals surface area contributed by atoms with Crippen LogP contribution in [0.2, 0.25) is 0 Å². The van der Waals surface area contributed by atoms with Gasteiger partial charge >= 0.3 is 0 Å². The van der Waals surface area contributed by atoms with Gasteiger partial charge in [0.2, 0.25) is 0 Å². The summed E-state index contributed by atoms with van der Waals surface area (Å²) in [6.07, 6.45) is 10.5. The van der Waals surface area contributed by atoms with Gasteiger partial charge in [0.1, 0.15) is 0 Å². The molecule has 3 rings (SSSR count). The summed E-state index contributed by atoms with van der Waals surface area (Å²) < 4.78 is 0. The lowest BCUT2D eigenvalue weighted by Gasteiger charge is -2.18. The summed E-state index contributed by atoms with van der Waals surface area (Å²) in [7, 11) is 0. The number of benzene rings is 3. The number of hydrogen-bond donors (Lipinski definition) is 0. The summed E-state index contributed by atoms with van der Waals surface area (Å²) in [4.78, 5) is 0. The molecule has 0 atom stereocenters. The smallest absolute Gasteiger partial charge is 0.0132 e. The molecule has 0 spiro atoms. The predicted octanol–water partition coefficient (Wildman–Crippen LogP) is 7.97. The van der Waals surface area contributed by atoms with Crippen molar-refractivity contribution in [3.8, 4) is 0 Å². The first-order valence-electron chi connectivity index (χ1n) is 9.73. The van der Waals surface area contributed by atoms with Gasteiger partial charge in [-0.3, -0.25) is 0 Å². The largest absolute Gasteiger partial charge is 0.0985 e. The Bertz CT molecular complexity index is 958. The zero-order chi connectivity index (χ0) is 20.0. The van der Waals surface area contributed by atoms with Crippen LogP contribution in [0, 0.1) is 0 Å². The molecule has 0 unspecified atom stereocenters. The van der Waals surface area contributed by atoms with E-state index in [1.54, 1.807) is 0 Å². The summed E-state index contributed by atoms with van der Waals surface area (Å²) in [5, 5.41) is 0. The summed E-state index contributed by atoms with van der Waals surface area (Å²) in [6, 6.07) is 25.8. The first-order chi connectivity index (χ1) is 13.4. The van der Waals surface area contributed by atoms with E-state index in [-0.39, 0.29) is 5.41 Å². The fourth-order valence-electron chi connectivity index (χ4n) is 2.94. The number of hydrogen-bond acceptors (Lipinski definition) is 0. The normalized spacial score (nSPS) is 12.0. The van der Waals surface area contributed by atoms with Crippen LogP contribution in [0.25, 0.3) is 30.4 Å². The highest BCUT2D eigenvalue weighted by molar-refractivity contribution is 5.73. The van der Waals surface area contributed by atoms with Gasteiger partial charge in [-0.15, -0.1) is 0 Å². The van der Waals surface area contributed by atoms with Crippen LogP contribution in [0.1, 0.15) is 54.2 Å². The Morgan fingerprint density at radius 3 is 1.07 bits per heavy atom. The minimum Gasteiger partial charge on any atom is -0.0985 e. The van der Waals surface area contributed by atoms with Crippen molar-refractivity contribution < 1.29 is 0 Å². The Labute approximate surface area is 169 Å². The maximum Gasteiger partial charge on any atom is -0.0132 e. The van der Waals surface area contributed by atoms with Gasteiger partial charge in [0.25, 0.3) is 0 Å². The molecule has 0 saturated heterocycles. The Balaban J connectivity index is 1.64. The van der Waals surface area contributed by atoms with Gasteiger partial charge in [-0.05, 0) is 38.8 Å².